The van der Waals surface area contributed by atoms with E-state index in [9.17, 15) is 9.90 Å². The number of morpholine rings is 1. The molecule has 0 aliphatic carbocycles. The van der Waals surface area contributed by atoms with Crippen molar-refractivity contribution in [2.75, 3.05) is 40.0 Å². The highest BCUT2D eigenvalue weighted by molar-refractivity contribution is 5.95. The predicted molar refractivity (Wildman–Crippen MR) is 82.7 cm³/mol. The summed E-state index contributed by atoms with van der Waals surface area (Å²) in [7, 11) is 1.61. The molecule has 0 unspecified atom stereocenters. The molecule has 118 valence electrons. The van der Waals surface area contributed by atoms with Crippen LogP contribution in [0.4, 0.5) is 0 Å². The van der Waals surface area contributed by atoms with Crippen molar-refractivity contribution in [2.24, 2.45) is 0 Å². The lowest BCUT2D eigenvalue weighted by molar-refractivity contribution is 0.0362. The van der Waals surface area contributed by atoms with Crippen LogP contribution in [0.1, 0.15) is 10.5 Å². The van der Waals surface area contributed by atoms with Crippen LogP contribution in [-0.4, -0.2) is 60.5 Å². The van der Waals surface area contributed by atoms with E-state index in [1.54, 1.807) is 13.2 Å². The molecule has 22 heavy (non-hydrogen) atoms. The molecule has 0 bridgehead atoms. The van der Waals surface area contributed by atoms with Gasteiger partial charge in [-0.3, -0.25) is 4.90 Å². The number of carboxylic acids is 1. The first kappa shape index (κ1) is 14.9. The van der Waals surface area contributed by atoms with E-state index in [0.29, 0.717) is 12.2 Å². The molecule has 2 aromatic rings. The maximum Gasteiger partial charge on any atom is 0.352 e. The molecule has 0 radical (unpaired) electrons. The molecule has 6 heteroatoms. The maximum atomic E-state index is 11.5. The number of ether oxygens (including phenoxy) is 2. The number of nitrogens with zero attached hydrogens (tertiary/aromatic N) is 2. The van der Waals surface area contributed by atoms with Crippen molar-refractivity contribution in [3.63, 3.8) is 0 Å². The third-order valence-corrected chi connectivity index (χ3v) is 4.07. The van der Waals surface area contributed by atoms with Gasteiger partial charge in [0.05, 0.1) is 20.3 Å². The second kappa shape index (κ2) is 6.37. The Morgan fingerprint density at radius 1 is 1.27 bits per heavy atom. The smallest absolute Gasteiger partial charge is 0.352 e. The second-order valence-corrected chi connectivity index (χ2v) is 5.37. The molecule has 0 atom stereocenters. The summed E-state index contributed by atoms with van der Waals surface area (Å²) in [5.74, 6) is -0.174. The Labute approximate surface area is 128 Å². The van der Waals surface area contributed by atoms with Crippen LogP contribution in [-0.2, 0) is 11.3 Å². The van der Waals surface area contributed by atoms with Gasteiger partial charge in [-0.25, -0.2) is 4.79 Å². The number of aromatic nitrogens is 1. The molecule has 1 saturated heterocycles. The molecule has 3 rings (SSSR count). The number of fused-ring (bicyclic) bond motifs is 1. The van der Waals surface area contributed by atoms with E-state index in [1.165, 1.54) is 0 Å². The fourth-order valence-electron chi connectivity index (χ4n) is 2.86. The van der Waals surface area contributed by atoms with Crippen molar-refractivity contribution in [3.05, 3.63) is 30.0 Å². The molecule has 1 fully saturated rings. The number of carbonyl (C=O) groups is 1. The van der Waals surface area contributed by atoms with Crippen molar-refractivity contribution >= 4 is 16.9 Å². The minimum atomic E-state index is -0.905. The first-order valence-electron chi connectivity index (χ1n) is 7.39. The van der Waals surface area contributed by atoms with Gasteiger partial charge in [0.15, 0.2) is 0 Å². The molecule has 2 heterocycles. The van der Waals surface area contributed by atoms with Gasteiger partial charge in [0.25, 0.3) is 0 Å². The van der Waals surface area contributed by atoms with Crippen LogP contribution in [0.3, 0.4) is 0 Å². The number of methoxy groups -OCH3 is 1. The molecule has 0 spiro atoms. The molecule has 1 aliphatic heterocycles. The number of aromatic carboxylic acids is 1. The number of hydrogen-bond donors (Lipinski definition) is 1. The van der Waals surface area contributed by atoms with Crippen LogP contribution in [0.2, 0.25) is 0 Å². The van der Waals surface area contributed by atoms with Gasteiger partial charge in [-0.2, -0.15) is 0 Å². The number of benzene rings is 1. The third kappa shape index (κ3) is 2.93. The summed E-state index contributed by atoms with van der Waals surface area (Å²) in [6.07, 6.45) is 0. The van der Waals surface area contributed by atoms with Crippen LogP contribution in [0.25, 0.3) is 10.9 Å². The van der Waals surface area contributed by atoms with Crippen LogP contribution in [0, 0.1) is 0 Å². The molecule has 0 amide bonds. The van der Waals surface area contributed by atoms with Crippen molar-refractivity contribution in [1.29, 1.82) is 0 Å². The fourth-order valence-corrected chi connectivity index (χ4v) is 2.86. The summed E-state index contributed by atoms with van der Waals surface area (Å²) in [6, 6.07) is 7.35. The summed E-state index contributed by atoms with van der Waals surface area (Å²) in [4.78, 5) is 13.8. The Balaban J connectivity index is 1.88. The van der Waals surface area contributed by atoms with Gasteiger partial charge in [-0.05, 0) is 24.3 Å². The highest BCUT2D eigenvalue weighted by atomic mass is 16.5. The van der Waals surface area contributed by atoms with Gasteiger partial charge in [-0.15, -0.1) is 0 Å². The topological polar surface area (TPSA) is 63.9 Å². The lowest BCUT2D eigenvalue weighted by atomic mass is 10.2. The van der Waals surface area contributed by atoms with Gasteiger partial charge >= 0.3 is 5.97 Å². The molecule has 0 saturated carbocycles. The largest absolute Gasteiger partial charge is 0.497 e. The van der Waals surface area contributed by atoms with Gasteiger partial charge in [-0.1, -0.05) is 0 Å². The van der Waals surface area contributed by atoms with E-state index >= 15 is 0 Å². The normalized spacial score (nSPS) is 16.0. The van der Waals surface area contributed by atoms with Gasteiger partial charge in [0.2, 0.25) is 0 Å². The Morgan fingerprint density at radius 3 is 2.73 bits per heavy atom. The number of rotatable bonds is 5. The Bertz CT molecular complexity index is 674. The van der Waals surface area contributed by atoms with Gasteiger partial charge in [0, 0.05) is 37.1 Å². The predicted octanol–water partition coefficient (Wildman–Crippen LogP) is 1.68. The van der Waals surface area contributed by atoms with E-state index in [-0.39, 0.29) is 0 Å². The van der Waals surface area contributed by atoms with Crippen LogP contribution >= 0.6 is 0 Å². The quantitative estimate of drug-likeness (QED) is 0.910. The number of carboxylic acid groups (broad SMARTS) is 1. The monoisotopic (exact) mass is 304 g/mol. The highest BCUT2D eigenvalue weighted by Gasteiger charge is 2.17. The zero-order chi connectivity index (χ0) is 15.5. The lowest BCUT2D eigenvalue weighted by Gasteiger charge is -2.27. The van der Waals surface area contributed by atoms with Crippen molar-refractivity contribution in [1.82, 2.24) is 9.47 Å². The van der Waals surface area contributed by atoms with Crippen LogP contribution < -0.4 is 4.74 Å². The Hall–Kier alpha value is -2.05. The zero-order valence-corrected chi connectivity index (χ0v) is 12.6. The average Bonchev–Trinajstić information content (AvgIpc) is 2.91. The van der Waals surface area contributed by atoms with Crippen molar-refractivity contribution in [2.45, 2.75) is 6.54 Å². The van der Waals surface area contributed by atoms with E-state index in [2.05, 4.69) is 4.90 Å². The van der Waals surface area contributed by atoms with Crippen molar-refractivity contribution < 1.29 is 19.4 Å². The first-order valence-corrected chi connectivity index (χ1v) is 7.39. The summed E-state index contributed by atoms with van der Waals surface area (Å²) in [5, 5.41) is 10.3. The maximum absolute atomic E-state index is 11.5. The number of hydrogen-bond acceptors (Lipinski definition) is 4. The minimum Gasteiger partial charge on any atom is -0.497 e. The second-order valence-electron chi connectivity index (χ2n) is 5.37. The first-order chi connectivity index (χ1) is 10.7. The highest BCUT2D eigenvalue weighted by Crippen LogP contribution is 2.25. The van der Waals surface area contributed by atoms with E-state index in [0.717, 1.165) is 49.5 Å². The zero-order valence-electron chi connectivity index (χ0n) is 12.6. The van der Waals surface area contributed by atoms with E-state index < -0.39 is 5.97 Å². The van der Waals surface area contributed by atoms with E-state index in [1.807, 2.05) is 22.8 Å². The SMILES string of the molecule is COc1ccc2c(c1)cc(C(=O)O)n2CCN1CCOCC1. The summed E-state index contributed by atoms with van der Waals surface area (Å²) >= 11 is 0. The lowest BCUT2D eigenvalue weighted by Crippen LogP contribution is -2.38. The third-order valence-electron chi connectivity index (χ3n) is 4.07. The molecule has 1 aromatic carbocycles. The molecular formula is C16H20N2O4. The standard InChI is InChI=1S/C16H20N2O4/c1-21-13-2-3-14-12(10-13)11-15(16(19)20)18(14)5-4-17-6-8-22-9-7-17/h2-3,10-11H,4-9H2,1H3,(H,19,20). The van der Waals surface area contributed by atoms with Crippen LogP contribution in [0.5, 0.6) is 5.75 Å². The van der Waals surface area contributed by atoms with Crippen LogP contribution in [0.15, 0.2) is 24.3 Å². The average molecular weight is 304 g/mol. The minimum absolute atomic E-state index is 0.316. The van der Waals surface area contributed by atoms with Gasteiger partial charge < -0.3 is 19.1 Å². The molecule has 1 aliphatic rings. The summed E-state index contributed by atoms with van der Waals surface area (Å²) in [5.41, 5.74) is 1.24. The molecule has 6 nitrogen and oxygen atoms in total. The molecular weight excluding hydrogens is 284 g/mol. The fraction of sp³-hybridized carbons (Fsp3) is 0.438. The molecule has 1 aromatic heterocycles. The summed E-state index contributed by atoms with van der Waals surface area (Å²) in [6.45, 7) is 4.76. The summed E-state index contributed by atoms with van der Waals surface area (Å²) < 4.78 is 12.4. The van der Waals surface area contributed by atoms with Gasteiger partial charge in [0.1, 0.15) is 11.4 Å². The molecule has 1 N–H and O–H groups in total. The Morgan fingerprint density at radius 2 is 2.05 bits per heavy atom. The van der Waals surface area contributed by atoms with Crippen molar-refractivity contribution in [3.8, 4) is 5.75 Å². The Kier molecular flexibility index (Phi) is 4.31. The van der Waals surface area contributed by atoms with E-state index in [4.69, 9.17) is 9.47 Å².